The molecule has 1 amide bonds. The van der Waals surface area contributed by atoms with Gasteiger partial charge in [-0.1, -0.05) is 12.8 Å². The van der Waals surface area contributed by atoms with Gasteiger partial charge >= 0.3 is 5.97 Å². The molecular weight excluding hydrogens is 262 g/mol. The lowest BCUT2D eigenvalue weighted by atomic mass is 9.79. The van der Waals surface area contributed by atoms with Gasteiger partial charge in [-0.25, -0.2) is 4.79 Å². The number of hydrogen-bond donors (Lipinski definition) is 3. The summed E-state index contributed by atoms with van der Waals surface area (Å²) in [5.74, 6) is -0.654. The molecule has 2 rings (SSSR count). The van der Waals surface area contributed by atoms with Crippen molar-refractivity contribution in [1.29, 1.82) is 0 Å². The first-order valence-electron chi connectivity index (χ1n) is 7.38. The normalized spacial score (nSPS) is 33.9. The lowest BCUT2D eigenvalue weighted by Crippen LogP contribution is -2.40. The molecule has 6 nitrogen and oxygen atoms in total. The Kier molecular flexibility index (Phi) is 5.37. The van der Waals surface area contributed by atoms with Crippen LogP contribution in [-0.4, -0.2) is 47.4 Å². The number of carboxylic acids is 1. The molecule has 1 heterocycles. The summed E-state index contributed by atoms with van der Waals surface area (Å²) in [4.78, 5) is 22.7. The molecule has 0 radical (unpaired) electrons. The van der Waals surface area contributed by atoms with Crippen molar-refractivity contribution in [2.24, 2.45) is 11.8 Å². The van der Waals surface area contributed by atoms with Gasteiger partial charge in [-0.3, -0.25) is 4.79 Å². The van der Waals surface area contributed by atoms with Crippen LogP contribution in [0.1, 0.15) is 38.5 Å². The monoisotopic (exact) mass is 285 g/mol. The van der Waals surface area contributed by atoms with E-state index in [9.17, 15) is 14.7 Å². The molecule has 20 heavy (non-hydrogen) atoms. The van der Waals surface area contributed by atoms with Crippen LogP contribution >= 0.6 is 0 Å². The second kappa shape index (κ2) is 7.04. The number of carbonyl (C=O) groups excluding carboxylic acids is 1. The van der Waals surface area contributed by atoms with Crippen molar-refractivity contribution >= 4 is 11.9 Å². The van der Waals surface area contributed by atoms with Crippen molar-refractivity contribution in [2.45, 2.75) is 50.7 Å². The predicted octanol–water partition coefficient (Wildman–Crippen LogP) is 0.533. The molecule has 3 N–H and O–H groups in total. The van der Waals surface area contributed by atoms with Gasteiger partial charge in [0, 0.05) is 13.2 Å². The van der Waals surface area contributed by atoms with Crippen molar-refractivity contribution in [3.8, 4) is 0 Å². The van der Waals surface area contributed by atoms with E-state index >= 15 is 0 Å². The average molecular weight is 285 g/mol. The maximum absolute atomic E-state index is 12.0. The van der Waals surface area contributed by atoms with Crippen molar-refractivity contribution < 1.29 is 24.5 Å². The van der Waals surface area contributed by atoms with Crippen molar-refractivity contribution in [3.63, 3.8) is 0 Å². The Bertz CT molecular complexity index is 359. The highest BCUT2D eigenvalue weighted by Crippen LogP contribution is 2.29. The molecule has 0 aromatic rings. The van der Waals surface area contributed by atoms with E-state index in [1.807, 2.05) is 0 Å². The molecule has 0 aromatic heterocycles. The van der Waals surface area contributed by atoms with Crippen LogP contribution in [0.3, 0.4) is 0 Å². The number of ether oxygens (including phenoxy) is 1. The molecule has 6 heteroatoms. The molecular formula is C14H23NO5. The van der Waals surface area contributed by atoms with E-state index in [1.54, 1.807) is 0 Å². The maximum atomic E-state index is 12.0. The fraction of sp³-hybridized carbons (Fsp3) is 0.857. The van der Waals surface area contributed by atoms with Crippen LogP contribution in [0, 0.1) is 11.8 Å². The topological polar surface area (TPSA) is 95.9 Å². The summed E-state index contributed by atoms with van der Waals surface area (Å²) in [6.07, 6.45) is 3.65. The minimum absolute atomic E-state index is 0.168. The molecule has 4 atom stereocenters. The second-order valence-electron chi connectivity index (χ2n) is 5.76. The Morgan fingerprint density at radius 1 is 1.05 bits per heavy atom. The molecule has 0 aromatic carbocycles. The first kappa shape index (κ1) is 15.3. The van der Waals surface area contributed by atoms with E-state index in [2.05, 4.69) is 5.32 Å². The van der Waals surface area contributed by atoms with Crippen LogP contribution in [0.25, 0.3) is 0 Å². The lowest BCUT2D eigenvalue weighted by Gasteiger charge is -2.30. The van der Waals surface area contributed by atoms with Crippen LogP contribution in [0.5, 0.6) is 0 Å². The fourth-order valence-electron chi connectivity index (χ4n) is 3.15. The highest BCUT2D eigenvalue weighted by Gasteiger charge is 2.35. The number of aliphatic carboxylic acids is 1. The summed E-state index contributed by atoms with van der Waals surface area (Å²) in [6.45, 7) is 0.712. The molecule has 0 spiro atoms. The van der Waals surface area contributed by atoms with Crippen molar-refractivity contribution in [1.82, 2.24) is 5.32 Å². The number of rotatable bonds is 5. The van der Waals surface area contributed by atoms with Gasteiger partial charge < -0.3 is 20.3 Å². The molecule has 1 saturated carbocycles. The highest BCUT2D eigenvalue weighted by molar-refractivity contribution is 5.82. The minimum Gasteiger partial charge on any atom is -0.479 e. The number of carbonyl (C=O) groups is 2. The first-order chi connectivity index (χ1) is 9.61. The van der Waals surface area contributed by atoms with Crippen LogP contribution in [0.2, 0.25) is 0 Å². The first-order valence-corrected chi connectivity index (χ1v) is 7.38. The van der Waals surface area contributed by atoms with Crippen LogP contribution in [0.15, 0.2) is 0 Å². The Labute approximate surface area is 118 Å². The van der Waals surface area contributed by atoms with E-state index in [0.717, 1.165) is 25.7 Å². The zero-order chi connectivity index (χ0) is 14.5. The number of carboxylic acid groups (broad SMARTS) is 1. The van der Waals surface area contributed by atoms with Gasteiger partial charge in [0.25, 0.3) is 0 Å². The Morgan fingerprint density at radius 2 is 1.70 bits per heavy atom. The lowest BCUT2D eigenvalue weighted by molar-refractivity contribution is -0.151. The molecule has 1 aliphatic carbocycles. The van der Waals surface area contributed by atoms with Gasteiger partial charge in [0.2, 0.25) is 5.91 Å². The summed E-state index contributed by atoms with van der Waals surface area (Å²) >= 11 is 0. The number of hydrogen-bond acceptors (Lipinski definition) is 4. The average Bonchev–Trinajstić information content (AvgIpc) is 2.95. The maximum Gasteiger partial charge on any atom is 0.332 e. The smallest absolute Gasteiger partial charge is 0.332 e. The standard InChI is InChI=1S/C14H23NO5/c16-8-10-4-2-1-3-9(10)7-15-13(17)11-5-6-12(20-11)14(18)19/h9-12,16H,1-8H2,(H,15,17)(H,18,19)/t9?,10?,11-,12+/m0/s1. The Hall–Kier alpha value is -1.14. The fourth-order valence-corrected chi connectivity index (χ4v) is 3.15. The van der Waals surface area contributed by atoms with Crippen LogP contribution in [0.4, 0.5) is 0 Å². The quantitative estimate of drug-likeness (QED) is 0.685. The molecule has 2 unspecified atom stereocenters. The number of aliphatic hydroxyl groups is 1. The summed E-state index contributed by atoms with van der Waals surface area (Å²) < 4.78 is 5.22. The van der Waals surface area contributed by atoms with Crippen molar-refractivity contribution in [3.05, 3.63) is 0 Å². The number of nitrogens with one attached hydrogen (secondary N) is 1. The minimum atomic E-state index is -1.01. The molecule has 1 aliphatic heterocycles. The van der Waals surface area contributed by atoms with Gasteiger partial charge in [-0.2, -0.15) is 0 Å². The summed E-state index contributed by atoms with van der Waals surface area (Å²) in [5, 5.41) is 21.0. The largest absolute Gasteiger partial charge is 0.479 e. The summed E-state index contributed by atoms with van der Waals surface area (Å²) in [6, 6.07) is 0. The molecule has 0 bridgehead atoms. The van der Waals surface area contributed by atoms with E-state index in [0.29, 0.717) is 25.3 Å². The SMILES string of the molecule is O=C(NCC1CCCCC1CO)[C@@H]1CC[C@H](C(=O)O)O1. The third-order valence-corrected chi connectivity index (χ3v) is 4.43. The molecule has 2 aliphatic rings. The van der Waals surface area contributed by atoms with Gasteiger partial charge in [0.15, 0.2) is 6.10 Å². The van der Waals surface area contributed by atoms with Gasteiger partial charge in [-0.05, 0) is 37.5 Å². The van der Waals surface area contributed by atoms with Gasteiger partial charge in [-0.15, -0.1) is 0 Å². The zero-order valence-corrected chi connectivity index (χ0v) is 11.6. The third kappa shape index (κ3) is 3.70. The molecule has 1 saturated heterocycles. The predicted molar refractivity (Wildman–Crippen MR) is 71.1 cm³/mol. The van der Waals surface area contributed by atoms with Gasteiger partial charge in [0.05, 0.1) is 0 Å². The number of aliphatic hydroxyl groups excluding tert-OH is 1. The van der Waals surface area contributed by atoms with E-state index in [-0.39, 0.29) is 18.4 Å². The zero-order valence-electron chi connectivity index (χ0n) is 11.6. The van der Waals surface area contributed by atoms with E-state index < -0.39 is 18.2 Å². The third-order valence-electron chi connectivity index (χ3n) is 4.43. The van der Waals surface area contributed by atoms with E-state index in [1.165, 1.54) is 0 Å². The van der Waals surface area contributed by atoms with Gasteiger partial charge in [0.1, 0.15) is 6.10 Å². The Morgan fingerprint density at radius 3 is 2.30 bits per heavy atom. The van der Waals surface area contributed by atoms with Crippen LogP contribution in [-0.2, 0) is 14.3 Å². The molecule has 2 fully saturated rings. The van der Waals surface area contributed by atoms with Crippen LogP contribution < -0.4 is 5.32 Å². The van der Waals surface area contributed by atoms with Crippen molar-refractivity contribution in [2.75, 3.05) is 13.2 Å². The summed E-state index contributed by atoms with van der Waals surface area (Å²) in [5.41, 5.74) is 0. The van der Waals surface area contributed by atoms with E-state index in [4.69, 9.17) is 9.84 Å². The summed E-state index contributed by atoms with van der Waals surface area (Å²) in [7, 11) is 0. The number of amides is 1. The molecule has 114 valence electrons. The highest BCUT2D eigenvalue weighted by atomic mass is 16.5. The second-order valence-corrected chi connectivity index (χ2v) is 5.76. The Balaban J connectivity index is 1.76.